The first-order valence-electron chi connectivity index (χ1n) is 4.98. The van der Waals surface area contributed by atoms with E-state index in [-0.39, 0.29) is 0 Å². The standard InChI is InChI=1S/C10H14N2O/c1-5-9-7(10(13)12-11-5)3-2-6-4-8(6)9/h6,8,10,12-13H,2-4H2,1H3. The van der Waals surface area contributed by atoms with Crippen molar-refractivity contribution < 1.29 is 5.11 Å². The molecule has 13 heavy (non-hydrogen) atoms. The van der Waals surface area contributed by atoms with Gasteiger partial charge in [0.05, 0.1) is 5.71 Å². The number of hydrogen-bond donors (Lipinski definition) is 2. The lowest BCUT2D eigenvalue weighted by atomic mass is 9.87. The molecule has 2 N–H and O–H groups in total. The van der Waals surface area contributed by atoms with Gasteiger partial charge in [-0.2, -0.15) is 5.10 Å². The molecule has 70 valence electrons. The molecule has 3 unspecified atom stereocenters. The van der Waals surface area contributed by atoms with Gasteiger partial charge in [-0.25, -0.2) is 0 Å². The summed E-state index contributed by atoms with van der Waals surface area (Å²) >= 11 is 0. The summed E-state index contributed by atoms with van der Waals surface area (Å²) in [5, 5.41) is 13.8. The minimum Gasteiger partial charge on any atom is -0.368 e. The molecule has 0 bridgehead atoms. The third-order valence-corrected chi connectivity index (χ3v) is 3.50. The minimum absolute atomic E-state index is 0.514. The Balaban J connectivity index is 2.05. The number of aliphatic hydroxyl groups excluding tert-OH is 1. The van der Waals surface area contributed by atoms with Crippen molar-refractivity contribution in [2.75, 3.05) is 0 Å². The Hall–Kier alpha value is -0.830. The third kappa shape index (κ3) is 0.967. The van der Waals surface area contributed by atoms with E-state index in [4.69, 9.17) is 0 Å². The van der Waals surface area contributed by atoms with Gasteiger partial charge in [-0.1, -0.05) is 0 Å². The highest BCUT2D eigenvalue weighted by Crippen LogP contribution is 2.53. The van der Waals surface area contributed by atoms with Gasteiger partial charge in [0, 0.05) is 0 Å². The van der Waals surface area contributed by atoms with Crippen LogP contribution in [0.25, 0.3) is 0 Å². The van der Waals surface area contributed by atoms with Crippen molar-refractivity contribution >= 4 is 5.71 Å². The molecule has 0 radical (unpaired) electrons. The highest BCUT2D eigenvalue weighted by molar-refractivity contribution is 6.00. The third-order valence-electron chi connectivity index (χ3n) is 3.50. The molecule has 0 spiro atoms. The van der Waals surface area contributed by atoms with Crippen LogP contribution >= 0.6 is 0 Å². The van der Waals surface area contributed by atoms with Gasteiger partial charge in [0.1, 0.15) is 0 Å². The number of nitrogens with zero attached hydrogens (tertiary/aromatic N) is 1. The zero-order chi connectivity index (χ0) is 9.00. The summed E-state index contributed by atoms with van der Waals surface area (Å²) in [4.78, 5) is 0. The molecule has 3 heteroatoms. The van der Waals surface area contributed by atoms with E-state index in [9.17, 15) is 5.11 Å². The Morgan fingerprint density at radius 3 is 3.23 bits per heavy atom. The maximum Gasteiger partial charge on any atom is 0.162 e. The molecule has 3 rings (SSSR count). The van der Waals surface area contributed by atoms with Crippen molar-refractivity contribution in [1.29, 1.82) is 0 Å². The summed E-state index contributed by atoms with van der Waals surface area (Å²) in [5.41, 5.74) is 6.41. The van der Waals surface area contributed by atoms with Crippen molar-refractivity contribution in [3.05, 3.63) is 11.1 Å². The smallest absolute Gasteiger partial charge is 0.162 e. The zero-order valence-electron chi connectivity index (χ0n) is 7.75. The molecule has 0 aromatic carbocycles. The van der Waals surface area contributed by atoms with Crippen LogP contribution in [0.3, 0.4) is 0 Å². The van der Waals surface area contributed by atoms with Crippen LogP contribution in [0.2, 0.25) is 0 Å². The predicted molar refractivity (Wildman–Crippen MR) is 50.1 cm³/mol. The van der Waals surface area contributed by atoms with E-state index in [0.717, 1.165) is 24.0 Å². The Labute approximate surface area is 77.5 Å². The van der Waals surface area contributed by atoms with E-state index in [2.05, 4.69) is 10.5 Å². The minimum atomic E-state index is -0.514. The zero-order valence-corrected chi connectivity index (χ0v) is 7.75. The molecule has 2 aliphatic carbocycles. The summed E-state index contributed by atoms with van der Waals surface area (Å²) in [7, 11) is 0. The molecule has 0 saturated heterocycles. The first-order valence-corrected chi connectivity index (χ1v) is 4.98. The van der Waals surface area contributed by atoms with E-state index in [1.165, 1.54) is 24.0 Å². The van der Waals surface area contributed by atoms with Crippen LogP contribution in [0.15, 0.2) is 16.2 Å². The van der Waals surface area contributed by atoms with Crippen molar-refractivity contribution in [2.45, 2.75) is 32.4 Å². The molecule has 3 aliphatic rings. The average molecular weight is 178 g/mol. The molecule has 1 saturated carbocycles. The fraction of sp³-hybridized carbons (Fsp3) is 0.700. The fourth-order valence-corrected chi connectivity index (χ4v) is 2.71. The van der Waals surface area contributed by atoms with E-state index in [0.29, 0.717) is 0 Å². The maximum atomic E-state index is 9.68. The lowest BCUT2D eigenvalue weighted by Crippen LogP contribution is -2.35. The van der Waals surface area contributed by atoms with Crippen molar-refractivity contribution in [1.82, 2.24) is 5.43 Å². The molecule has 1 fully saturated rings. The summed E-state index contributed by atoms with van der Waals surface area (Å²) < 4.78 is 0. The Kier molecular flexibility index (Phi) is 1.37. The van der Waals surface area contributed by atoms with Gasteiger partial charge >= 0.3 is 0 Å². The van der Waals surface area contributed by atoms with Crippen LogP contribution in [-0.4, -0.2) is 17.0 Å². The van der Waals surface area contributed by atoms with Gasteiger partial charge < -0.3 is 5.11 Å². The summed E-state index contributed by atoms with van der Waals surface area (Å²) in [6.07, 6.45) is 3.12. The monoisotopic (exact) mass is 178 g/mol. The number of aliphatic hydroxyl groups is 1. The Morgan fingerprint density at radius 2 is 2.38 bits per heavy atom. The fourth-order valence-electron chi connectivity index (χ4n) is 2.71. The average Bonchev–Trinajstić information content (AvgIpc) is 2.89. The molecule has 1 aliphatic heterocycles. The number of nitrogens with one attached hydrogen (secondary N) is 1. The largest absolute Gasteiger partial charge is 0.368 e. The van der Waals surface area contributed by atoms with E-state index in [1.54, 1.807) is 0 Å². The molecule has 0 amide bonds. The number of allylic oxidation sites excluding steroid dienone is 1. The molecular formula is C10H14N2O. The topological polar surface area (TPSA) is 44.6 Å². The van der Waals surface area contributed by atoms with E-state index >= 15 is 0 Å². The van der Waals surface area contributed by atoms with Crippen LogP contribution in [0, 0.1) is 11.8 Å². The van der Waals surface area contributed by atoms with Crippen molar-refractivity contribution in [3.8, 4) is 0 Å². The quantitative estimate of drug-likeness (QED) is 0.581. The normalized spacial score (nSPS) is 41.7. The van der Waals surface area contributed by atoms with Gasteiger partial charge in [0.25, 0.3) is 0 Å². The van der Waals surface area contributed by atoms with Crippen LogP contribution in [0.5, 0.6) is 0 Å². The van der Waals surface area contributed by atoms with Crippen LogP contribution in [-0.2, 0) is 0 Å². The van der Waals surface area contributed by atoms with Crippen LogP contribution < -0.4 is 5.43 Å². The Bertz CT molecular complexity index is 319. The van der Waals surface area contributed by atoms with Crippen LogP contribution in [0.1, 0.15) is 26.2 Å². The van der Waals surface area contributed by atoms with Crippen molar-refractivity contribution in [3.63, 3.8) is 0 Å². The molecule has 0 aromatic heterocycles. The molecular weight excluding hydrogens is 164 g/mol. The SMILES string of the molecule is CC1=NNC(O)C2=C1C1CC1CC2. The second-order valence-electron chi connectivity index (χ2n) is 4.31. The highest BCUT2D eigenvalue weighted by Gasteiger charge is 2.46. The van der Waals surface area contributed by atoms with Gasteiger partial charge in [-0.15, -0.1) is 0 Å². The van der Waals surface area contributed by atoms with E-state index < -0.39 is 6.23 Å². The predicted octanol–water partition coefficient (Wildman–Crippen LogP) is 1.01. The van der Waals surface area contributed by atoms with Gasteiger partial charge in [0.2, 0.25) is 0 Å². The number of fused-ring (bicyclic) bond motifs is 2. The highest BCUT2D eigenvalue weighted by atomic mass is 16.3. The van der Waals surface area contributed by atoms with Gasteiger partial charge in [-0.3, -0.25) is 5.43 Å². The number of hydrogen-bond acceptors (Lipinski definition) is 3. The second-order valence-corrected chi connectivity index (χ2v) is 4.31. The summed E-state index contributed by atoms with van der Waals surface area (Å²) in [6, 6.07) is 0. The Morgan fingerprint density at radius 1 is 1.54 bits per heavy atom. The molecule has 3 nitrogen and oxygen atoms in total. The molecule has 1 heterocycles. The lowest BCUT2D eigenvalue weighted by Gasteiger charge is -2.27. The number of hydrazone groups is 1. The molecule has 3 atom stereocenters. The second kappa shape index (κ2) is 2.35. The number of rotatable bonds is 0. The summed E-state index contributed by atoms with van der Waals surface area (Å²) in [6.45, 7) is 2.04. The van der Waals surface area contributed by atoms with Crippen molar-refractivity contribution in [2.24, 2.45) is 16.9 Å². The molecule has 0 aromatic rings. The van der Waals surface area contributed by atoms with Crippen LogP contribution in [0.4, 0.5) is 0 Å². The van der Waals surface area contributed by atoms with Gasteiger partial charge in [0.15, 0.2) is 6.23 Å². The lowest BCUT2D eigenvalue weighted by molar-refractivity contribution is 0.164. The van der Waals surface area contributed by atoms with Gasteiger partial charge in [-0.05, 0) is 49.2 Å². The first kappa shape index (κ1) is 7.56. The summed E-state index contributed by atoms with van der Waals surface area (Å²) in [5.74, 6) is 1.62. The van der Waals surface area contributed by atoms with E-state index in [1.807, 2.05) is 6.92 Å². The first-order chi connectivity index (χ1) is 6.27. The maximum absolute atomic E-state index is 9.68.